The number of fused-ring (bicyclic) bond motifs is 1. The third-order valence-electron chi connectivity index (χ3n) is 5.02. The van der Waals surface area contributed by atoms with Crippen LogP contribution < -0.4 is 0 Å². The van der Waals surface area contributed by atoms with E-state index in [0.717, 1.165) is 18.0 Å². The smallest absolute Gasteiger partial charge is 0.0918 e. The lowest BCUT2D eigenvalue weighted by atomic mass is 9.76. The standard InChI is InChI=1S/C13H26N/c1-11(2)14(3)10-6-8-12-7-4-5-9-13(12)14/h11-13H,4-10H2,1-3H3/q+1. The fraction of sp³-hybridized carbons (Fsp3) is 1.00. The SMILES string of the molecule is CC(C)[N+]1(C)CCCC2CCCCC21. The molecule has 0 aromatic heterocycles. The Balaban J connectivity index is 2.15. The molecule has 1 aliphatic heterocycles. The lowest BCUT2D eigenvalue weighted by Gasteiger charge is -2.53. The number of quaternary nitrogens is 1. The molecule has 1 nitrogen and oxygen atoms in total. The van der Waals surface area contributed by atoms with E-state index in [1.807, 2.05) is 0 Å². The summed E-state index contributed by atoms with van der Waals surface area (Å²) in [6.45, 7) is 6.26. The van der Waals surface area contributed by atoms with Crippen LogP contribution in [0.25, 0.3) is 0 Å². The molecule has 14 heavy (non-hydrogen) atoms. The Morgan fingerprint density at radius 2 is 1.64 bits per heavy atom. The molecular formula is C13H26N+. The van der Waals surface area contributed by atoms with Crippen molar-refractivity contribution in [1.29, 1.82) is 0 Å². The van der Waals surface area contributed by atoms with Crippen molar-refractivity contribution in [2.24, 2.45) is 5.92 Å². The Kier molecular flexibility index (Phi) is 2.88. The Morgan fingerprint density at radius 3 is 2.36 bits per heavy atom. The Labute approximate surface area is 89.1 Å². The number of piperidine rings is 1. The van der Waals surface area contributed by atoms with Gasteiger partial charge < -0.3 is 4.48 Å². The maximum absolute atomic E-state index is 2.51. The maximum Gasteiger partial charge on any atom is 0.0918 e. The molecule has 1 aliphatic carbocycles. The monoisotopic (exact) mass is 196 g/mol. The fourth-order valence-electron chi connectivity index (χ4n) is 3.80. The lowest BCUT2D eigenvalue weighted by molar-refractivity contribution is -0.962. The molecule has 0 N–H and O–H groups in total. The Bertz CT molecular complexity index is 197. The van der Waals surface area contributed by atoms with Crippen molar-refractivity contribution in [3.05, 3.63) is 0 Å². The number of nitrogens with zero attached hydrogens (tertiary/aromatic N) is 1. The molecule has 0 aromatic carbocycles. The zero-order chi connectivity index (χ0) is 10.2. The summed E-state index contributed by atoms with van der Waals surface area (Å²) in [5.74, 6) is 1.06. The van der Waals surface area contributed by atoms with Gasteiger partial charge in [-0.15, -0.1) is 0 Å². The zero-order valence-corrected chi connectivity index (χ0v) is 10.1. The van der Waals surface area contributed by atoms with Crippen LogP contribution in [0.4, 0.5) is 0 Å². The summed E-state index contributed by atoms with van der Waals surface area (Å²) in [4.78, 5) is 0. The van der Waals surface area contributed by atoms with Gasteiger partial charge in [0.25, 0.3) is 0 Å². The van der Waals surface area contributed by atoms with Crippen molar-refractivity contribution in [3.63, 3.8) is 0 Å². The average Bonchev–Trinajstić information content (AvgIpc) is 2.18. The molecule has 1 saturated heterocycles. The first-order valence-corrected chi connectivity index (χ1v) is 6.49. The molecular weight excluding hydrogens is 170 g/mol. The predicted molar refractivity (Wildman–Crippen MR) is 61.2 cm³/mol. The molecule has 0 radical (unpaired) electrons. The van der Waals surface area contributed by atoms with E-state index in [1.165, 1.54) is 49.6 Å². The van der Waals surface area contributed by atoms with Crippen molar-refractivity contribution < 1.29 is 4.48 Å². The van der Waals surface area contributed by atoms with Crippen molar-refractivity contribution in [2.75, 3.05) is 13.6 Å². The van der Waals surface area contributed by atoms with E-state index in [-0.39, 0.29) is 0 Å². The molecule has 1 heterocycles. The number of rotatable bonds is 1. The molecule has 0 bridgehead atoms. The first kappa shape index (κ1) is 10.5. The van der Waals surface area contributed by atoms with Crippen molar-refractivity contribution >= 4 is 0 Å². The summed E-state index contributed by atoms with van der Waals surface area (Å²) in [6, 6.07) is 1.82. The fourth-order valence-corrected chi connectivity index (χ4v) is 3.80. The van der Waals surface area contributed by atoms with E-state index < -0.39 is 0 Å². The van der Waals surface area contributed by atoms with Gasteiger partial charge >= 0.3 is 0 Å². The van der Waals surface area contributed by atoms with E-state index in [1.54, 1.807) is 0 Å². The highest BCUT2D eigenvalue weighted by Gasteiger charge is 2.44. The van der Waals surface area contributed by atoms with Gasteiger partial charge in [-0.05, 0) is 46.0 Å². The van der Waals surface area contributed by atoms with Crippen LogP contribution in [0.2, 0.25) is 0 Å². The molecule has 3 unspecified atom stereocenters. The molecule has 2 fully saturated rings. The second-order valence-corrected chi connectivity index (χ2v) is 5.92. The highest BCUT2D eigenvalue weighted by atomic mass is 15.4. The van der Waals surface area contributed by atoms with E-state index >= 15 is 0 Å². The summed E-state index contributed by atoms with van der Waals surface area (Å²) in [6.07, 6.45) is 8.99. The van der Waals surface area contributed by atoms with Gasteiger partial charge in [0.15, 0.2) is 0 Å². The van der Waals surface area contributed by atoms with Gasteiger partial charge in [-0.2, -0.15) is 0 Å². The molecule has 3 atom stereocenters. The average molecular weight is 196 g/mol. The first-order valence-electron chi connectivity index (χ1n) is 6.49. The van der Waals surface area contributed by atoms with Crippen LogP contribution in [-0.2, 0) is 0 Å². The molecule has 82 valence electrons. The minimum atomic E-state index is 0.820. The number of likely N-dealkylation sites (tertiary alicyclic amines) is 1. The summed E-state index contributed by atoms with van der Waals surface area (Å²) < 4.78 is 1.37. The van der Waals surface area contributed by atoms with E-state index in [4.69, 9.17) is 0 Å². The van der Waals surface area contributed by atoms with Crippen LogP contribution in [0.1, 0.15) is 52.4 Å². The Hall–Kier alpha value is -0.0400. The summed E-state index contributed by atoms with van der Waals surface area (Å²) in [5.41, 5.74) is 0. The minimum absolute atomic E-state index is 0.820. The molecule has 1 saturated carbocycles. The first-order chi connectivity index (χ1) is 6.64. The third kappa shape index (κ3) is 1.60. The van der Waals surface area contributed by atoms with Gasteiger partial charge in [0.1, 0.15) is 0 Å². The van der Waals surface area contributed by atoms with Gasteiger partial charge in [-0.3, -0.25) is 0 Å². The van der Waals surface area contributed by atoms with E-state index in [9.17, 15) is 0 Å². The molecule has 2 aliphatic rings. The molecule has 1 heteroatoms. The highest BCUT2D eigenvalue weighted by molar-refractivity contribution is 4.80. The molecule has 0 spiro atoms. The predicted octanol–water partition coefficient (Wildman–Crippen LogP) is 3.19. The van der Waals surface area contributed by atoms with Gasteiger partial charge in [0, 0.05) is 5.92 Å². The van der Waals surface area contributed by atoms with Crippen LogP contribution in [0, 0.1) is 5.92 Å². The summed E-state index contributed by atoms with van der Waals surface area (Å²) in [7, 11) is 2.51. The maximum atomic E-state index is 2.51. The highest BCUT2D eigenvalue weighted by Crippen LogP contribution is 2.40. The largest absolute Gasteiger partial charge is 0.321 e. The van der Waals surface area contributed by atoms with Gasteiger partial charge in [0.2, 0.25) is 0 Å². The summed E-state index contributed by atoms with van der Waals surface area (Å²) in [5, 5.41) is 0. The van der Waals surface area contributed by atoms with Gasteiger partial charge in [0.05, 0.1) is 25.7 Å². The van der Waals surface area contributed by atoms with Crippen LogP contribution in [0.5, 0.6) is 0 Å². The van der Waals surface area contributed by atoms with E-state index in [0.29, 0.717) is 0 Å². The van der Waals surface area contributed by atoms with Crippen LogP contribution >= 0.6 is 0 Å². The lowest BCUT2D eigenvalue weighted by Crippen LogP contribution is -2.62. The molecule has 0 amide bonds. The van der Waals surface area contributed by atoms with Crippen LogP contribution in [0.3, 0.4) is 0 Å². The quantitative estimate of drug-likeness (QED) is 0.565. The molecule has 2 rings (SSSR count). The third-order valence-corrected chi connectivity index (χ3v) is 5.02. The van der Waals surface area contributed by atoms with Crippen LogP contribution in [-0.4, -0.2) is 30.2 Å². The second kappa shape index (κ2) is 3.84. The second-order valence-electron chi connectivity index (χ2n) is 5.92. The van der Waals surface area contributed by atoms with Crippen molar-refractivity contribution in [2.45, 2.75) is 64.5 Å². The summed E-state index contributed by atoms with van der Waals surface area (Å²) >= 11 is 0. The van der Waals surface area contributed by atoms with Gasteiger partial charge in [-0.25, -0.2) is 0 Å². The normalized spacial score (nSPS) is 43.7. The Morgan fingerprint density at radius 1 is 1.00 bits per heavy atom. The molecule has 0 aromatic rings. The minimum Gasteiger partial charge on any atom is -0.321 e. The zero-order valence-electron chi connectivity index (χ0n) is 10.1. The van der Waals surface area contributed by atoms with E-state index in [2.05, 4.69) is 20.9 Å². The van der Waals surface area contributed by atoms with Gasteiger partial charge in [-0.1, -0.05) is 6.42 Å². The van der Waals surface area contributed by atoms with Crippen molar-refractivity contribution in [3.8, 4) is 0 Å². The van der Waals surface area contributed by atoms with Crippen LogP contribution in [0.15, 0.2) is 0 Å². The topological polar surface area (TPSA) is 0 Å². The number of hydrogen-bond donors (Lipinski definition) is 0. The van der Waals surface area contributed by atoms with Crippen molar-refractivity contribution in [1.82, 2.24) is 0 Å². The number of hydrogen-bond acceptors (Lipinski definition) is 0.